The van der Waals surface area contributed by atoms with Crippen LogP contribution in [0.25, 0.3) is 0 Å². The van der Waals surface area contributed by atoms with E-state index >= 15 is 0 Å². The first-order chi connectivity index (χ1) is 18.4. The number of fused-ring (bicyclic) bond motifs is 1. The van der Waals surface area contributed by atoms with Gasteiger partial charge in [0.05, 0.1) is 18.2 Å². The third-order valence-electron chi connectivity index (χ3n) is 7.00. The average Bonchev–Trinajstić information content (AvgIpc) is 3.24. The Hall–Kier alpha value is -3.47. The molecule has 1 atom stereocenters. The summed E-state index contributed by atoms with van der Waals surface area (Å²) in [5, 5.41) is 5.64. The number of morpholine rings is 1. The number of nitrogens with zero attached hydrogens (tertiary/aromatic N) is 2. The Balaban J connectivity index is 1.17. The molecule has 0 radical (unpaired) electrons. The molecule has 200 valence electrons. The number of carbonyl (C=O) groups excluding carboxylic acids is 4. The average molecular weight is 541 g/mol. The molecule has 38 heavy (non-hydrogen) atoms. The van der Waals surface area contributed by atoms with Crippen molar-refractivity contribution in [3.05, 3.63) is 63.7 Å². The van der Waals surface area contributed by atoms with Crippen molar-refractivity contribution in [1.29, 1.82) is 0 Å². The van der Waals surface area contributed by atoms with E-state index in [9.17, 15) is 19.2 Å². The number of carbonyl (C=O) groups is 4. The normalized spacial score (nSPS) is 19.8. The Morgan fingerprint density at radius 1 is 1.13 bits per heavy atom. The molecule has 4 amide bonds. The van der Waals surface area contributed by atoms with Crippen molar-refractivity contribution in [2.45, 2.75) is 32.0 Å². The highest BCUT2D eigenvalue weighted by molar-refractivity contribution is 6.32. The lowest BCUT2D eigenvalue weighted by molar-refractivity contribution is -0.136. The molecule has 2 aromatic carbocycles. The van der Waals surface area contributed by atoms with E-state index in [0.29, 0.717) is 34.9 Å². The van der Waals surface area contributed by atoms with Gasteiger partial charge in [-0.3, -0.25) is 29.4 Å². The maximum absolute atomic E-state index is 12.9. The van der Waals surface area contributed by atoms with Gasteiger partial charge >= 0.3 is 0 Å². The van der Waals surface area contributed by atoms with Gasteiger partial charge in [-0.05, 0) is 41.8 Å². The first-order valence-corrected chi connectivity index (χ1v) is 13.0. The molecule has 2 N–H and O–H groups in total. The Morgan fingerprint density at radius 2 is 1.95 bits per heavy atom. The van der Waals surface area contributed by atoms with E-state index in [1.165, 1.54) is 4.90 Å². The van der Waals surface area contributed by atoms with Crippen LogP contribution in [-0.2, 0) is 27.4 Å². The highest BCUT2D eigenvalue weighted by atomic mass is 35.5. The molecule has 2 saturated heterocycles. The molecule has 5 rings (SSSR count). The van der Waals surface area contributed by atoms with Crippen LogP contribution < -0.4 is 15.4 Å². The van der Waals surface area contributed by atoms with Crippen LogP contribution >= 0.6 is 11.6 Å². The van der Waals surface area contributed by atoms with E-state index in [-0.39, 0.29) is 37.2 Å². The summed E-state index contributed by atoms with van der Waals surface area (Å²) >= 11 is 6.28. The first-order valence-electron chi connectivity index (χ1n) is 12.7. The van der Waals surface area contributed by atoms with Crippen LogP contribution in [0.4, 0.5) is 0 Å². The molecule has 3 aliphatic heterocycles. The molecule has 11 heteroatoms. The smallest absolute Gasteiger partial charge is 0.255 e. The predicted octanol–water partition coefficient (Wildman–Crippen LogP) is 1.74. The molecule has 3 aliphatic rings. The van der Waals surface area contributed by atoms with E-state index in [4.69, 9.17) is 21.1 Å². The number of imide groups is 1. The van der Waals surface area contributed by atoms with Gasteiger partial charge in [0.15, 0.2) is 0 Å². The van der Waals surface area contributed by atoms with Crippen molar-refractivity contribution in [2.75, 3.05) is 39.5 Å². The van der Waals surface area contributed by atoms with Gasteiger partial charge in [0.25, 0.3) is 11.8 Å². The predicted molar refractivity (Wildman–Crippen MR) is 138 cm³/mol. The van der Waals surface area contributed by atoms with E-state index in [2.05, 4.69) is 15.5 Å². The number of hydrogen-bond donors (Lipinski definition) is 2. The van der Waals surface area contributed by atoms with Crippen LogP contribution in [0.3, 0.4) is 0 Å². The third kappa shape index (κ3) is 5.82. The summed E-state index contributed by atoms with van der Waals surface area (Å²) in [6.45, 7) is 4.91. The van der Waals surface area contributed by atoms with Crippen molar-refractivity contribution in [1.82, 2.24) is 20.4 Å². The van der Waals surface area contributed by atoms with Crippen molar-refractivity contribution >= 4 is 35.2 Å². The number of ether oxygens (including phenoxy) is 2. The lowest BCUT2D eigenvalue weighted by Gasteiger charge is -2.29. The lowest BCUT2D eigenvalue weighted by atomic mass is 10.0. The molecular weight excluding hydrogens is 512 g/mol. The summed E-state index contributed by atoms with van der Waals surface area (Å²) in [6, 6.07) is 9.63. The fourth-order valence-corrected chi connectivity index (χ4v) is 5.06. The molecule has 0 saturated carbocycles. The number of amides is 4. The van der Waals surface area contributed by atoms with Gasteiger partial charge in [-0.25, -0.2) is 0 Å². The van der Waals surface area contributed by atoms with E-state index in [0.717, 1.165) is 44.0 Å². The SMILES string of the molecule is O=C1CCC(N2Cc3cc(CNC(=O)c4ccc(Cl)c(OCCN5CCOCC5)c4)ccc3C2=O)C(=O)N1. The second-order valence-electron chi connectivity index (χ2n) is 9.52. The Morgan fingerprint density at radius 3 is 2.74 bits per heavy atom. The standard InChI is InChI=1S/C27H29ClN4O6/c28-21-4-2-18(14-23(21)38-12-9-31-7-10-37-11-8-31)25(34)29-15-17-1-3-20-19(13-17)16-32(27(20)36)22-5-6-24(33)30-26(22)35/h1-4,13-14,22H,5-12,15-16H2,(H,29,34)(H,30,33,35). The van der Waals surface area contributed by atoms with Gasteiger partial charge in [-0.2, -0.15) is 0 Å². The van der Waals surface area contributed by atoms with E-state index in [1.54, 1.807) is 30.3 Å². The maximum Gasteiger partial charge on any atom is 0.255 e. The van der Waals surface area contributed by atoms with Gasteiger partial charge < -0.3 is 19.7 Å². The number of hydrogen-bond acceptors (Lipinski definition) is 7. The van der Waals surface area contributed by atoms with Crippen LogP contribution in [0.1, 0.15) is 44.7 Å². The van der Waals surface area contributed by atoms with E-state index in [1.807, 2.05) is 6.07 Å². The van der Waals surface area contributed by atoms with Crippen molar-refractivity contribution < 1.29 is 28.7 Å². The topological polar surface area (TPSA) is 117 Å². The quantitative estimate of drug-likeness (QED) is 0.490. The Bertz CT molecular complexity index is 1260. The van der Waals surface area contributed by atoms with Gasteiger partial charge in [0.1, 0.15) is 18.4 Å². The van der Waals surface area contributed by atoms with Gasteiger partial charge in [-0.15, -0.1) is 0 Å². The van der Waals surface area contributed by atoms with E-state index < -0.39 is 11.9 Å². The maximum atomic E-state index is 12.9. The number of benzene rings is 2. The lowest BCUT2D eigenvalue weighted by Crippen LogP contribution is -2.52. The van der Waals surface area contributed by atoms with Crippen LogP contribution in [0.5, 0.6) is 5.75 Å². The summed E-state index contributed by atoms with van der Waals surface area (Å²) in [5.74, 6) is -0.811. The highest BCUT2D eigenvalue weighted by Crippen LogP contribution is 2.29. The zero-order valence-corrected chi connectivity index (χ0v) is 21.6. The minimum atomic E-state index is -0.661. The molecule has 2 aromatic rings. The van der Waals surface area contributed by atoms with Crippen molar-refractivity contribution in [3.63, 3.8) is 0 Å². The second-order valence-corrected chi connectivity index (χ2v) is 9.93. The molecule has 0 spiro atoms. The summed E-state index contributed by atoms with van der Waals surface area (Å²) in [4.78, 5) is 53.2. The molecule has 1 unspecified atom stereocenters. The monoisotopic (exact) mass is 540 g/mol. The second kappa shape index (κ2) is 11.5. The molecule has 0 aromatic heterocycles. The highest BCUT2D eigenvalue weighted by Gasteiger charge is 2.39. The number of rotatable bonds is 8. The van der Waals surface area contributed by atoms with Gasteiger partial charge in [0, 0.05) is 50.3 Å². The summed E-state index contributed by atoms with van der Waals surface area (Å²) in [5.41, 5.74) is 2.57. The van der Waals surface area contributed by atoms with Crippen molar-refractivity contribution in [3.8, 4) is 5.75 Å². The Kier molecular flexibility index (Phi) is 7.92. The van der Waals surface area contributed by atoms with Crippen LogP contribution in [-0.4, -0.2) is 78.9 Å². The first kappa shape index (κ1) is 26.1. The third-order valence-corrected chi connectivity index (χ3v) is 7.32. The summed E-state index contributed by atoms with van der Waals surface area (Å²) in [7, 11) is 0. The van der Waals surface area contributed by atoms with Crippen LogP contribution in [0, 0.1) is 0 Å². The van der Waals surface area contributed by atoms with Crippen LogP contribution in [0.15, 0.2) is 36.4 Å². The zero-order valence-electron chi connectivity index (χ0n) is 20.8. The molecule has 0 aliphatic carbocycles. The van der Waals surface area contributed by atoms with Gasteiger partial charge in [-0.1, -0.05) is 23.7 Å². The largest absolute Gasteiger partial charge is 0.491 e. The van der Waals surface area contributed by atoms with Crippen molar-refractivity contribution in [2.24, 2.45) is 0 Å². The van der Waals surface area contributed by atoms with Gasteiger partial charge in [0.2, 0.25) is 11.8 Å². The van der Waals surface area contributed by atoms with Crippen LogP contribution in [0.2, 0.25) is 5.02 Å². The minimum Gasteiger partial charge on any atom is -0.491 e. The fourth-order valence-electron chi connectivity index (χ4n) is 4.89. The molecule has 2 fully saturated rings. The Labute approximate surface area is 225 Å². The molecule has 3 heterocycles. The summed E-state index contributed by atoms with van der Waals surface area (Å²) < 4.78 is 11.2. The molecule has 0 bridgehead atoms. The molecular formula is C27H29ClN4O6. The molecule has 10 nitrogen and oxygen atoms in total. The number of piperidine rings is 1. The minimum absolute atomic E-state index is 0.207. The fraction of sp³-hybridized carbons (Fsp3) is 0.407. The summed E-state index contributed by atoms with van der Waals surface area (Å²) in [6.07, 6.45) is 0.520. The zero-order chi connectivity index (χ0) is 26.6. The number of halogens is 1. The number of nitrogens with one attached hydrogen (secondary N) is 2.